The lowest BCUT2D eigenvalue weighted by atomic mass is 9.88. The van der Waals surface area contributed by atoms with Gasteiger partial charge in [0, 0.05) is 42.8 Å². The second-order valence-corrected chi connectivity index (χ2v) is 10.2. The molecule has 194 valence electrons. The SMILES string of the molecule is C[C@@H]1CN([C@@H](C)CO)C(=O)c2cc(-c3ccccc3F)cnc2O[C@H]1CN(C)C(=O)C1CCCCC1. The quantitative estimate of drug-likeness (QED) is 0.649. The van der Waals surface area contributed by atoms with Gasteiger partial charge in [-0.3, -0.25) is 9.59 Å². The van der Waals surface area contributed by atoms with Gasteiger partial charge in [0.1, 0.15) is 17.5 Å². The van der Waals surface area contributed by atoms with Crippen molar-refractivity contribution in [2.24, 2.45) is 11.8 Å². The zero-order chi connectivity index (χ0) is 25.8. The van der Waals surface area contributed by atoms with Gasteiger partial charge in [0.15, 0.2) is 0 Å². The first-order chi connectivity index (χ1) is 17.3. The number of likely N-dealkylation sites (N-methyl/N-ethyl adjacent to an activating group) is 1. The second kappa shape index (κ2) is 11.4. The van der Waals surface area contributed by atoms with Crippen molar-refractivity contribution in [3.8, 4) is 17.0 Å². The Balaban J connectivity index is 1.66. The van der Waals surface area contributed by atoms with Crippen LogP contribution in [0, 0.1) is 17.7 Å². The van der Waals surface area contributed by atoms with Gasteiger partial charge in [0.25, 0.3) is 5.91 Å². The van der Waals surface area contributed by atoms with Gasteiger partial charge in [-0.15, -0.1) is 0 Å². The molecule has 8 heteroatoms. The van der Waals surface area contributed by atoms with Crippen LogP contribution in [0.1, 0.15) is 56.3 Å². The van der Waals surface area contributed by atoms with Crippen molar-refractivity contribution in [2.75, 3.05) is 26.7 Å². The minimum Gasteiger partial charge on any atom is -0.472 e. The van der Waals surface area contributed by atoms with Crippen LogP contribution in [0.25, 0.3) is 11.1 Å². The third-order valence-corrected chi connectivity index (χ3v) is 7.49. The van der Waals surface area contributed by atoms with E-state index >= 15 is 0 Å². The molecule has 1 N–H and O–H groups in total. The van der Waals surface area contributed by atoms with Gasteiger partial charge in [0.05, 0.1) is 19.2 Å². The van der Waals surface area contributed by atoms with Crippen molar-refractivity contribution in [3.63, 3.8) is 0 Å². The third kappa shape index (κ3) is 5.53. The maximum Gasteiger partial charge on any atom is 0.259 e. The maximum atomic E-state index is 14.5. The number of aromatic nitrogens is 1. The largest absolute Gasteiger partial charge is 0.472 e. The van der Waals surface area contributed by atoms with E-state index in [0.717, 1.165) is 25.7 Å². The molecule has 2 amide bonds. The second-order valence-electron chi connectivity index (χ2n) is 10.2. The lowest BCUT2D eigenvalue weighted by molar-refractivity contribution is -0.136. The summed E-state index contributed by atoms with van der Waals surface area (Å²) in [7, 11) is 1.81. The van der Waals surface area contributed by atoms with E-state index in [2.05, 4.69) is 4.98 Å². The number of aliphatic hydroxyl groups is 1. The highest BCUT2D eigenvalue weighted by atomic mass is 19.1. The summed E-state index contributed by atoms with van der Waals surface area (Å²) in [4.78, 5) is 34.5. The highest BCUT2D eigenvalue weighted by Gasteiger charge is 2.35. The van der Waals surface area contributed by atoms with Gasteiger partial charge in [-0.2, -0.15) is 0 Å². The number of fused-ring (bicyclic) bond motifs is 1. The van der Waals surface area contributed by atoms with E-state index in [1.807, 2.05) is 6.92 Å². The molecule has 0 spiro atoms. The van der Waals surface area contributed by atoms with Crippen molar-refractivity contribution in [2.45, 2.75) is 58.1 Å². The number of ether oxygens (including phenoxy) is 1. The van der Waals surface area contributed by atoms with Crippen molar-refractivity contribution in [1.82, 2.24) is 14.8 Å². The topological polar surface area (TPSA) is 83.0 Å². The van der Waals surface area contributed by atoms with Gasteiger partial charge < -0.3 is 19.6 Å². The predicted molar refractivity (Wildman–Crippen MR) is 135 cm³/mol. The first-order valence-corrected chi connectivity index (χ1v) is 12.9. The monoisotopic (exact) mass is 497 g/mol. The maximum absolute atomic E-state index is 14.5. The number of benzene rings is 1. The molecule has 2 aliphatic rings. The average Bonchev–Trinajstić information content (AvgIpc) is 2.90. The molecule has 1 fully saturated rings. The number of hydrogen-bond donors (Lipinski definition) is 1. The lowest BCUT2D eigenvalue weighted by Gasteiger charge is -2.38. The van der Waals surface area contributed by atoms with Crippen molar-refractivity contribution in [1.29, 1.82) is 0 Å². The lowest BCUT2D eigenvalue weighted by Crippen LogP contribution is -2.51. The van der Waals surface area contributed by atoms with E-state index in [9.17, 15) is 19.1 Å². The first-order valence-electron chi connectivity index (χ1n) is 12.9. The Morgan fingerprint density at radius 3 is 2.67 bits per heavy atom. The molecule has 7 nitrogen and oxygen atoms in total. The summed E-state index contributed by atoms with van der Waals surface area (Å²) in [5, 5.41) is 9.86. The van der Waals surface area contributed by atoms with Crippen LogP contribution in [0.15, 0.2) is 36.5 Å². The van der Waals surface area contributed by atoms with Crippen LogP contribution in [-0.4, -0.2) is 70.6 Å². The number of aliphatic hydroxyl groups excluding tert-OH is 1. The molecule has 2 heterocycles. The average molecular weight is 498 g/mol. The van der Waals surface area contributed by atoms with E-state index in [1.54, 1.807) is 48.0 Å². The fourth-order valence-electron chi connectivity index (χ4n) is 5.18. The molecule has 1 saturated carbocycles. The van der Waals surface area contributed by atoms with Crippen molar-refractivity contribution in [3.05, 3.63) is 47.9 Å². The molecular formula is C28H36FN3O4. The fraction of sp³-hybridized carbons (Fsp3) is 0.536. The first kappa shape index (κ1) is 26.1. The van der Waals surface area contributed by atoms with Gasteiger partial charge in [-0.05, 0) is 31.9 Å². The van der Waals surface area contributed by atoms with E-state index in [1.165, 1.54) is 18.7 Å². The minimum absolute atomic E-state index is 0.0498. The highest BCUT2D eigenvalue weighted by Crippen LogP contribution is 2.32. The van der Waals surface area contributed by atoms with Crippen LogP contribution in [0.4, 0.5) is 4.39 Å². The number of amides is 2. The van der Waals surface area contributed by atoms with Gasteiger partial charge in [0.2, 0.25) is 11.8 Å². The third-order valence-electron chi connectivity index (χ3n) is 7.49. The van der Waals surface area contributed by atoms with Crippen LogP contribution >= 0.6 is 0 Å². The van der Waals surface area contributed by atoms with Crippen LogP contribution in [0.2, 0.25) is 0 Å². The molecule has 0 bridgehead atoms. The summed E-state index contributed by atoms with van der Waals surface area (Å²) in [6, 6.07) is 7.51. The molecular weight excluding hydrogens is 461 g/mol. The van der Waals surface area contributed by atoms with Gasteiger partial charge in [-0.25, -0.2) is 9.37 Å². The number of rotatable bonds is 6. The van der Waals surface area contributed by atoms with Crippen LogP contribution in [0.3, 0.4) is 0 Å². The number of carbonyl (C=O) groups is 2. The Labute approximate surface area is 212 Å². The molecule has 0 unspecified atom stereocenters. The Kier molecular flexibility index (Phi) is 8.24. The van der Waals surface area contributed by atoms with E-state index in [-0.39, 0.29) is 41.7 Å². The Bertz CT molecular complexity index is 1090. The molecule has 1 aliphatic heterocycles. The van der Waals surface area contributed by atoms with E-state index < -0.39 is 18.0 Å². The summed E-state index contributed by atoms with van der Waals surface area (Å²) in [6.07, 6.45) is 6.28. The predicted octanol–water partition coefficient (Wildman–Crippen LogP) is 4.15. The smallest absolute Gasteiger partial charge is 0.259 e. The number of carbonyl (C=O) groups excluding carboxylic acids is 2. The highest BCUT2D eigenvalue weighted by molar-refractivity contribution is 5.98. The summed E-state index contributed by atoms with van der Waals surface area (Å²) < 4.78 is 20.8. The zero-order valence-electron chi connectivity index (χ0n) is 21.3. The molecule has 1 aliphatic carbocycles. The van der Waals surface area contributed by atoms with Gasteiger partial charge in [-0.1, -0.05) is 44.4 Å². The van der Waals surface area contributed by atoms with Crippen LogP contribution in [0.5, 0.6) is 5.88 Å². The van der Waals surface area contributed by atoms with Crippen molar-refractivity contribution >= 4 is 11.8 Å². The van der Waals surface area contributed by atoms with Gasteiger partial charge >= 0.3 is 0 Å². The number of hydrogen-bond acceptors (Lipinski definition) is 5. The molecule has 2 aromatic rings. The molecule has 36 heavy (non-hydrogen) atoms. The molecule has 0 saturated heterocycles. The molecule has 1 aromatic heterocycles. The number of nitrogens with zero attached hydrogens (tertiary/aromatic N) is 3. The zero-order valence-corrected chi connectivity index (χ0v) is 21.3. The summed E-state index contributed by atoms with van der Waals surface area (Å²) in [5.74, 6) is -0.514. The standard InChI is InChI=1S/C28H36FN3O4/c1-18-15-32(19(2)17-33)28(35)23-13-21(22-11-7-8-12-24(22)29)14-30-26(23)36-25(18)16-31(3)27(34)20-9-5-4-6-10-20/h7-8,11-14,18-20,25,33H,4-6,9-10,15-17H2,1-3H3/t18-,19+,25+/m1/s1. The number of pyridine rings is 1. The molecule has 0 radical (unpaired) electrons. The molecule has 4 rings (SSSR count). The Morgan fingerprint density at radius 2 is 1.97 bits per heavy atom. The fourth-order valence-corrected chi connectivity index (χ4v) is 5.18. The molecule has 1 aromatic carbocycles. The van der Waals surface area contributed by atoms with E-state index in [4.69, 9.17) is 4.74 Å². The van der Waals surface area contributed by atoms with Crippen molar-refractivity contribution < 1.29 is 23.8 Å². The summed E-state index contributed by atoms with van der Waals surface area (Å²) >= 11 is 0. The normalized spacial score (nSPS) is 21.7. The number of halogens is 1. The Hall–Kier alpha value is -3.00. The summed E-state index contributed by atoms with van der Waals surface area (Å²) in [6.45, 7) is 4.28. The Morgan fingerprint density at radius 1 is 1.25 bits per heavy atom. The van der Waals surface area contributed by atoms with Crippen LogP contribution in [-0.2, 0) is 4.79 Å². The summed E-state index contributed by atoms with van der Waals surface area (Å²) in [5.41, 5.74) is 1.02. The van der Waals surface area contributed by atoms with Crippen LogP contribution < -0.4 is 4.74 Å². The molecule has 3 atom stereocenters. The van der Waals surface area contributed by atoms with E-state index in [0.29, 0.717) is 24.2 Å². The minimum atomic E-state index is -0.426.